The van der Waals surface area contributed by atoms with E-state index in [0.29, 0.717) is 6.04 Å². The quantitative estimate of drug-likeness (QED) is 0.830. The summed E-state index contributed by atoms with van der Waals surface area (Å²) in [6.07, 6.45) is 3.29. The third-order valence-electron chi connectivity index (χ3n) is 2.80. The van der Waals surface area contributed by atoms with E-state index in [9.17, 15) is 0 Å². The highest BCUT2D eigenvalue weighted by Crippen LogP contribution is 2.21. The second kappa shape index (κ2) is 5.06. The van der Waals surface area contributed by atoms with Crippen molar-refractivity contribution >= 4 is 35.0 Å². The van der Waals surface area contributed by atoms with E-state index in [1.165, 1.54) is 11.3 Å². The zero-order valence-corrected chi connectivity index (χ0v) is 11.2. The third-order valence-corrected chi connectivity index (χ3v) is 3.75. The van der Waals surface area contributed by atoms with Crippen molar-refractivity contribution in [2.75, 3.05) is 12.0 Å². The first-order valence-corrected chi connectivity index (χ1v) is 7.22. The molecular weight excluding hydrogens is 236 g/mol. The predicted molar refractivity (Wildman–Crippen MR) is 74.8 cm³/mol. The molecule has 1 aromatic heterocycles. The fourth-order valence-electron chi connectivity index (χ4n) is 1.93. The van der Waals surface area contributed by atoms with E-state index < -0.39 is 0 Å². The summed E-state index contributed by atoms with van der Waals surface area (Å²) in [7, 11) is 0. The summed E-state index contributed by atoms with van der Waals surface area (Å²) >= 11 is 7.26. The molecule has 1 aromatic carbocycles. The molecule has 0 fully saturated rings. The molecule has 1 N–H and O–H groups in total. The monoisotopic (exact) mass is 252 g/mol. The van der Waals surface area contributed by atoms with Gasteiger partial charge in [0.1, 0.15) is 0 Å². The van der Waals surface area contributed by atoms with E-state index >= 15 is 0 Å². The molecule has 0 aliphatic heterocycles. The van der Waals surface area contributed by atoms with Crippen LogP contribution in [0.3, 0.4) is 0 Å². The van der Waals surface area contributed by atoms with Crippen LogP contribution in [-0.2, 0) is 0 Å². The molecule has 1 unspecified atom stereocenters. The summed E-state index contributed by atoms with van der Waals surface area (Å²) in [5, 5.41) is 0. The summed E-state index contributed by atoms with van der Waals surface area (Å²) in [5.74, 6) is 1.17. The van der Waals surface area contributed by atoms with Crippen LogP contribution < -0.4 is 0 Å². The predicted octanol–water partition coefficient (Wildman–Crippen LogP) is 4.01. The van der Waals surface area contributed by atoms with E-state index in [1.807, 2.05) is 17.8 Å². The SMILES string of the molecule is CSCCC(C)n1c(=S)[nH]c2ccccc21. The highest BCUT2D eigenvalue weighted by Gasteiger charge is 2.09. The van der Waals surface area contributed by atoms with Crippen molar-refractivity contribution < 1.29 is 0 Å². The van der Waals surface area contributed by atoms with Crippen molar-refractivity contribution in [1.29, 1.82) is 0 Å². The van der Waals surface area contributed by atoms with Crippen LogP contribution in [0.1, 0.15) is 19.4 Å². The Morgan fingerprint density at radius 2 is 2.19 bits per heavy atom. The van der Waals surface area contributed by atoms with Crippen molar-refractivity contribution in [2.24, 2.45) is 0 Å². The minimum Gasteiger partial charge on any atom is -0.331 e. The average molecular weight is 252 g/mol. The van der Waals surface area contributed by atoms with E-state index in [2.05, 4.69) is 40.9 Å². The number of nitrogens with one attached hydrogen (secondary N) is 1. The van der Waals surface area contributed by atoms with Crippen LogP contribution in [0.2, 0.25) is 0 Å². The standard InChI is InChI=1S/C12H16N2S2/c1-9(7-8-16-2)14-11-6-4-3-5-10(11)13-12(14)15/h3-6,9H,7-8H2,1-2H3,(H,13,15). The second-order valence-corrected chi connectivity index (χ2v) is 5.32. The summed E-state index contributed by atoms with van der Waals surface area (Å²) in [4.78, 5) is 3.26. The number of fused-ring (bicyclic) bond motifs is 1. The number of benzene rings is 1. The van der Waals surface area contributed by atoms with Gasteiger partial charge in [0.25, 0.3) is 0 Å². The third kappa shape index (κ3) is 2.18. The van der Waals surface area contributed by atoms with E-state index in [0.717, 1.165) is 16.7 Å². The smallest absolute Gasteiger partial charge is 0.178 e. The Balaban J connectivity index is 2.43. The maximum Gasteiger partial charge on any atom is 0.178 e. The Labute approximate surface area is 105 Å². The molecule has 1 heterocycles. The lowest BCUT2D eigenvalue weighted by Crippen LogP contribution is -2.06. The minimum atomic E-state index is 0.455. The second-order valence-electron chi connectivity index (χ2n) is 3.95. The van der Waals surface area contributed by atoms with E-state index in [-0.39, 0.29) is 0 Å². The highest BCUT2D eigenvalue weighted by molar-refractivity contribution is 7.98. The number of H-pyrrole nitrogens is 1. The van der Waals surface area contributed by atoms with Gasteiger partial charge in [0.15, 0.2) is 4.77 Å². The Morgan fingerprint density at radius 1 is 1.44 bits per heavy atom. The van der Waals surface area contributed by atoms with Crippen molar-refractivity contribution in [3.05, 3.63) is 29.0 Å². The van der Waals surface area contributed by atoms with Gasteiger partial charge in [0, 0.05) is 6.04 Å². The van der Waals surface area contributed by atoms with Crippen LogP contribution in [0.5, 0.6) is 0 Å². The van der Waals surface area contributed by atoms with Gasteiger partial charge in [-0.2, -0.15) is 11.8 Å². The van der Waals surface area contributed by atoms with Gasteiger partial charge in [-0.3, -0.25) is 0 Å². The number of aromatic amines is 1. The Bertz CT molecular complexity index is 527. The summed E-state index contributed by atoms with van der Waals surface area (Å²) in [6, 6.07) is 8.74. The van der Waals surface area contributed by atoms with Crippen molar-refractivity contribution in [3.8, 4) is 0 Å². The molecule has 0 bridgehead atoms. The molecule has 2 nitrogen and oxygen atoms in total. The highest BCUT2D eigenvalue weighted by atomic mass is 32.2. The fourth-order valence-corrected chi connectivity index (χ4v) is 2.89. The first-order valence-electron chi connectivity index (χ1n) is 5.42. The molecule has 0 saturated heterocycles. The molecule has 0 radical (unpaired) electrons. The molecule has 0 spiro atoms. The molecular formula is C12H16N2S2. The number of hydrogen-bond acceptors (Lipinski definition) is 2. The lowest BCUT2D eigenvalue weighted by molar-refractivity contribution is 0.543. The topological polar surface area (TPSA) is 20.7 Å². The maximum atomic E-state index is 5.38. The van der Waals surface area contributed by atoms with Gasteiger partial charge in [-0.25, -0.2) is 0 Å². The zero-order valence-electron chi connectivity index (χ0n) is 9.56. The molecule has 2 rings (SSSR count). The fraction of sp³-hybridized carbons (Fsp3) is 0.417. The van der Waals surface area contributed by atoms with E-state index in [4.69, 9.17) is 12.2 Å². The number of nitrogens with zero attached hydrogens (tertiary/aromatic N) is 1. The van der Waals surface area contributed by atoms with Gasteiger partial charge in [0.2, 0.25) is 0 Å². The lowest BCUT2D eigenvalue weighted by atomic mass is 10.2. The number of aromatic nitrogens is 2. The molecule has 1 atom stereocenters. The van der Waals surface area contributed by atoms with Gasteiger partial charge < -0.3 is 9.55 Å². The number of para-hydroxylation sites is 2. The molecule has 0 aliphatic rings. The van der Waals surface area contributed by atoms with Crippen LogP contribution in [0.25, 0.3) is 11.0 Å². The van der Waals surface area contributed by atoms with Gasteiger partial charge >= 0.3 is 0 Å². The van der Waals surface area contributed by atoms with Crippen LogP contribution >= 0.6 is 24.0 Å². The van der Waals surface area contributed by atoms with Crippen molar-refractivity contribution in [2.45, 2.75) is 19.4 Å². The molecule has 4 heteroatoms. The largest absolute Gasteiger partial charge is 0.331 e. The number of rotatable bonds is 4. The molecule has 16 heavy (non-hydrogen) atoms. The Kier molecular flexibility index (Phi) is 3.71. The first-order chi connectivity index (χ1) is 7.74. The summed E-state index contributed by atoms with van der Waals surface area (Å²) < 4.78 is 3.05. The van der Waals surface area contributed by atoms with E-state index in [1.54, 1.807) is 0 Å². The lowest BCUT2D eigenvalue weighted by Gasteiger charge is -2.13. The Morgan fingerprint density at radius 3 is 2.94 bits per heavy atom. The maximum absolute atomic E-state index is 5.38. The first kappa shape index (κ1) is 11.7. The van der Waals surface area contributed by atoms with Gasteiger partial charge in [0.05, 0.1) is 11.0 Å². The molecule has 0 aliphatic carbocycles. The molecule has 0 amide bonds. The van der Waals surface area contributed by atoms with Crippen LogP contribution in [0, 0.1) is 4.77 Å². The normalized spacial score (nSPS) is 13.1. The number of hydrogen-bond donors (Lipinski definition) is 1. The average Bonchev–Trinajstić information content (AvgIpc) is 2.62. The molecule has 0 saturated carbocycles. The van der Waals surface area contributed by atoms with Gasteiger partial charge in [-0.15, -0.1) is 0 Å². The number of thioether (sulfide) groups is 1. The Hall–Kier alpha value is -0.740. The van der Waals surface area contributed by atoms with Crippen LogP contribution in [-0.4, -0.2) is 21.6 Å². The molecule has 86 valence electrons. The van der Waals surface area contributed by atoms with Crippen molar-refractivity contribution in [3.63, 3.8) is 0 Å². The van der Waals surface area contributed by atoms with Crippen molar-refractivity contribution in [1.82, 2.24) is 9.55 Å². The summed E-state index contributed by atoms with van der Waals surface area (Å²) in [5.41, 5.74) is 2.34. The summed E-state index contributed by atoms with van der Waals surface area (Å²) in [6.45, 7) is 2.23. The van der Waals surface area contributed by atoms with Gasteiger partial charge in [-0.05, 0) is 49.7 Å². The molecule has 2 aromatic rings. The van der Waals surface area contributed by atoms with Crippen LogP contribution in [0.4, 0.5) is 0 Å². The number of imidazole rings is 1. The zero-order chi connectivity index (χ0) is 11.5. The minimum absolute atomic E-state index is 0.455. The van der Waals surface area contributed by atoms with Gasteiger partial charge in [-0.1, -0.05) is 12.1 Å². The van der Waals surface area contributed by atoms with Crippen LogP contribution in [0.15, 0.2) is 24.3 Å².